The van der Waals surface area contributed by atoms with Crippen molar-refractivity contribution in [2.45, 2.75) is 19.4 Å². The molecule has 0 unspecified atom stereocenters. The van der Waals surface area contributed by atoms with E-state index in [-0.39, 0.29) is 0 Å². The maximum absolute atomic E-state index is 3.63. The Morgan fingerprint density at radius 2 is 1.35 bits per heavy atom. The number of benzene rings is 3. The lowest BCUT2D eigenvalue weighted by Gasteiger charge is -2.19. The molecule has 0 fully saturated rings. The molecule has 0 saturated heterocycles. The van der Waals surface area contributed by atoms with Crippen LogP contribution in [0.3, 0.4) is 0 Å². The third-order valence-electron chi connectivity index (χ3n) is 4.16. The number of hydrogen-bond acceptors (Lipinski definition) is 1. The van der Waals surface area contributed by atoms with Crippen LogP contribution >= 0.6 is 0 Å². The fourth-order valence-electron chi connectivity index (χ4n) is 2.98. The molecule has 0 atom stereocenters. The van der Waals surface area contributed by atoms with Crippen molar-refractivity contribution in [2.24, 2.45) is 0 Å². The van der Waals surface area contributed by atoms with E-state index >= 15 is 0 Å². The summed E-state index contributed by atoms with van der Waals surface area (Å²) in [5, 5.41) is 3.63. The van der Waals surface area contributed by atoms with Crippen molar-refractivity contribution in [1.29, 1.82) is 0 Å². The van der Waals surface area contributed by atoms with Crippen molar-refractivity contribution in [2.75, 3.05) is 6.54 Å². The molecule has 0 amide bonds. The summed E-state index contributed by atoms with van der Waals surface area (Å²) in [7, 11) is 0. The van der Waals surface area contributed by atoms with Crippen molar-refractivity contribution in [3.63, 3.8) is 0 Å². The second-order valence-electron chi connectivity index (χ2n) is 5.99. The van der Waals surface area contributed by atoms with E-state index in [4.69, 9.17) is 0 Å². The maximum Gasteiger partial charge on any atom is 0.0214 e. The standard InChI is InChI=1S/C22H23N/c1-18-9-8-10-19(15-18)16-23-17-22(20-11-4-2-5-12-20)21-13-6-3-7-14-21/h2-15,22-23H,16-17H2,1H3. The van der Waals surface area contributed by atoms with Gasteiger partial charge in [-0.1, -0.05) is 90.5 Å². The van der Waals surface area contributed by atoms with E-state index in [1.165, 1.54) is 22.3 Å². The van der Waals surface area contributed by atoms with E-state index in [0.717, 1.165) is 13.1 Å². The van der Waals surface area contributed by atoms with Crippen LogP contribution in [0.15, 0.2) is 84.9 Å². The van der Waals surface area contributed by atoms with Gasteiger partial charge < -0.3 is 5.32 Å². The SMILES string of the molecule is Cc1cccc(CNCC(c2ccccc2)c2ccccc2)c1. The van der Waals surface area contributed by atoms with Crippen LogP contribution in [0.2, 0.25) is 0 Å². The van der Waals surface area contributed by atoms with E-state index in [9.17, 15) is 0 Å². The molecule has 0 bridgehead atoms. The molecule has 3 aromatic carbocycles. The second kappa shape index (κ2) is 7.75. The lowest BCUT2D eigenvalue weighted by atomic mass is 9.91. The van der Waals surface area contributed by atoms with Gasteiger partial charge in [0.25, 0.3) is 0 Å². The Hall–Kier alpha value is -2.38. The zero-order chi connectivity index (χ0) is 15.9. The molecular weight excluding hydrogens is 278 g/mol. The zero-order valence-corrected chi connectivity index (χ0v) is 13.6. The lowest BCUT2D eigenvalue weighted by Crippen LogP contribution is -2.22. The normalized spacial score (nSPS) is 10.9. The van der Waals surface area contributed by atoms with Gasteiger partial charge in [0.2, 0.25) is 0 Å². The molecule has 23 heavy (non-hydrogen) atoms. The molecule has 0 radical (unpaired) electrons. The van der Waals surface area contributed by atoms with Gasteiger partial charge in [-0.2, -0.15) is 0 Å². The van der Waals surface area contributed by atoms with E-state index in [0.29, 0.717) is 5.92 Å². The minimum Gasteiger partial charge on any atom is -0.312 e. The van der Waals surface area contributed by atoms with Crippen LogP contribution in [0, 0.1) is 6.92 Å². The molecule has 3 rings (SSSR count). The number of nitrogens with one attached hydrogen (secondary N) is 1. The minimum absolute atomic E-state index is 0.377. The monoisotopic (exact) mass is 301 g/mol. The first-order chi connectivity index (χ1) is 11.3. The van der Waals surface area contributed by atoms with Gasteiger partial charge in [-0.15, -0.1) is 0 Å². The molecule has 1 nitrogen and oxygen atoms in total. The first-order valence-corrected chi connectivity index (χ1v) is 8.19. The maximum atomic E-state index is 3.63. The van der Waals surface area contributed by atoms with Crippen LogP contribution in [-0.2, 0) is 6.54 Å². The van der Waals surface area contributed by atoms with Gasteiger partial charge in [-0.25, -0.2) is 0 Å². The van der Waals surface area contributed by atoms with Crippen LogP contribution in [0.5, 0.6) is 0 Å². The molecule has 3 aromatic rings. The Morgan fingerprint density at radius 3 is 1.91 bits per heavy atom. The van der Waals surface area contributed by atoms with Crippen molar-refractivity contribution in [1.82, 2.24) is 5.32 Å². The van der Waals surface area contributed by atoms with Gasteiger partial charge in [0, 0.05) is 19.0 Å². The summed E-state index contributed by atoms with van der Waals surface area (Å²) >= 11 is 0. The average molecular weight is 301 g/mol. The lowest BCUT2D eigenvalue weighted by molar-refractivity contribution is 0.636. The summed E-state index contributed by atoms with van der Waals surface area (Å²) in [5.74, 6) is 0.377. The Kier molecular flexibility index (Phi) is 5.23. The number of rotatable bonds is 6. The van der Waals surface area contributed by atoms with Crippen molar-refractivity contribution in [3.8, 4) is 0 Å². The third kappa shape index (κ3) is 4.30. The highest BCUT2D eigenvalue weighted by Gasteiger charge is 2.13. The van der Waals surface area contributed by atoms with Crippen LogP contribution < -0.4 is 5.32 Å². The first-order valence-electron chi connectivity index (χ1n) is 8.19. The van der Waals surface area contributed by atoms with E-state index < -0.39 is 0 Å². The van der Waals surface area contributed by atoms with Gasteiger partial charge >= 0.3 is 0 Å². The molecule has 1 N–H and O–H groups in total. The highest BCUT2D eigenvalue weighted by molar-refractivity contribution is 5.33. The topological polar surface area (TPSA) is 12.0 Å². The number of hydrogen-bond donors (Lipinski definition) is 1. The molecule has 0 spiro atoms. The largest absolute Gasteiger partial charge is 0.312 e. The number of aryl methyl sites for hydroxylation is 1. The molecule has 0 heterocycles. The molecule has 0 aliphatic heterocycles. The molecule has 0 aromatic heterocycles. The van der Waals surface area contributed by atoms with Crippen LogP contribution in [0.4, 0.5) is 0 Å². The quantitative estimate of drug-likeness (QED) is 0.681. The molecule has 1 heteroatoms. The van der Waals surface area contributed by atoms with Crippen LogP contribution in [0.25, 0.3) is 0 Å². The summed E-state index contributed by atoms with van der Waals surface area (Å²) in [6.07, 6.45) is 0. The highest BCUT2D eigenvalue weighted by Crippen LogP contribution is 2.23. The van der Waals surface area contributed by atoms with E-state index in [1.54, 1.807) is 0 Å². The van der Waals surface area contributed by atoms with Crippen molar-refractivity contribution >= 4 is 0 Å². The first kappa shape index (κ1) is 15.5. The van der Waals surface area contributed by atoms with Gasteiger partial charge in [0.05, 0.1) is 0 Å². The van der Waals surface area contributed by atoms with E-state index in [1.807, 2.05) is 0 Å². The Bertz CT molecular complexity index is 680. The Labute approximate surface area is 139 Å². The minimum atomic E-state index is 0.377. The predicted molar refractivity (Wildman–Crippen MR) is 97.6 cm³/mol. The second-order valence-corrected chi connectivity index (χ2v) is 5.99. The summed E-state index contributed by atoms with van der Waals surface area (Å²) in [5.41, 5.74) is 5.36. The van der Waals surface area contributed by atoms with Crippen molar-refractivity contribution < 1.29 is 0 Å². The van der Waals surface area contributed by atoms with E-state index in [2.05, 4.69) is 97.2 Å². The molecule has 0 aliphatic rings. The molecule has 116 valence electrons. The molecular formula is C22H23N. The summed E-state index contributed by atoms with van der Waals surface area (Å²) < 4.78 is 0. The highest BCUT2D eigenvalue weighted by atomic mass is 14.9. The van der Waals surface area contributed by atoms with Gasteiger partial charge in [0.1, 0.15) is 0 Å². The zero-order valence-electron chi connectivity index (χ0n) is 13.6. The summed E-state index contributed by atoms with van der Waals surface area (Å²) in [6, 6.07) is 30.2. The van der Waals surface area contributed by atoms with Gasteiger partial charge in [-0.3, -0.25) is 0 Å². The van der Waals surface area contributed by atoms with Gasteiger partial charge in [0.15, 0.2) is 0 Å². The fourth-order valence-corrected chi connectivity index (χ4v) is 2.98. The predicted octanol–water partition coefficient (Wildman–Crippen LogP) is 4.92. The average Bonchev–Trinajstić information content (AvgIpc) is 2.60. The van der Waals surface area contributed by atoms with Crippen LogP contribution in [-0.4, -0.2) is 6.54 Å². The van der Waals surface area contributed by atoms with Crippen LogP contribution in [0.1, 0.15) is 28.2 Å². The van der Waals surface area contributed by atoms with Gasteiger partial charge in [-0.05, 0) is 23.6 Å². The smallest absolute Gasteiger partial charge is 0.0214 e. The third-order valence-corrected chi connectivity index (χ3v) is 4.16. The Morgan fingerprint density at radius 1 is 0.739 bits per heavy atom. The molecule has 0 aliphatic carbocycles. The fraction of sp³-hybridized carbons (Fsp3) is 0.182. The van der Waals surface area contributed by atoms with Crippen molar-refractivity contribution in [3.05, 3.63) is 107 Å². The summed E-state index contributed by atoms with van der Waals surface area (Å²) in [6.45, 7) is 3.97. The Balaban J connectivity index is 1.72. The molecule has 0 saturated carbocycles. The summed E-state index contributed by atoms with van der Waals surface area (Å²) in [4.78, 5) is 0.